The Bertz CT molecular complexity index is 1570. The molecule has 0 aliphatic rings. The number of ether oxygens (including phenoxy) is 1. The first kappa shape index (κ1) is 23.7. The molecule has 1 N–H and O–H groups in total. The molecule has 0 fully saturated rings. The smallest absolute Gasteiger partial charge is 0.242 e. The highest BCUT2D eigenvalue weighted by Crippen LogP contribution is 2.29. The molecule has 0 unspecified atom stereocenters. The van der Waals surface area contributed by atoms with Crippen LogP contribution in [-0.2, 0) is 10.0 Å². The number of nitrogens with one attached hydrogen (secondary N) is 1. The summed E-state index contributed by atoms with van der Waals surface area (Å²) >= 11 is 0. The molecule has 0 bridgehead atoms. The lowest BCUT2D eigenvalue weighted by Crippen LogP contribution is -2.39. The fourth-order valence-corrected chi connectivity index (χ4v) is 5.21. The average Bonchev–Trinajstić information content (AvgIpc) is 3.32. The van der Waals surface area contributed by atoms with Gasteiger partial charge >= 0.3 is 0 Å². The van der Waals surface area contributed by atoms with Crippen LogP contribution in [0.15, 0.2) is 108 Å². The van der Waals surface area contributed by atoms with E-state index in [-0.39, 0.29) is 10.7 Å². The second-order valence-corrected chi connectivity index (χ2v) is 10.0. The van der Waals surface area contributed by atoms with Crippen molar-refractivity contribution in [3.63, 3.8) is 0 Å². The van der Waals surface area contributed by atoms with Crippen LogP contribution in [0.25, 0.3) is 16.6 Å². The van der Waals surface area contributed by atoms with Crippen molar-refractivity contribution in [3.05, 3.63) is 115 Å². The molecule has 0 saturated carbocycles. The summed E-state index contributed by atoms with van der Waals surface area (Å²) in [7, 11) is -3.80. The van der Waals surface area contributed by atoms with Gasteiger partial charge in [-0.15, -0.1) is 0 Å². The maximum absolute atomic E-state index is 13.3. The largest absolute Gasteiger partial charge is 0.484 e. The number of benzene rings is 3. The van der Waals surface area contributed by atoms with Crippen LogP contribution >= 0.6 is 0 Å². The van der Waals surface area contributed by atoms with Gasteiger partial charge in [-0.05, 0) is 67.1 Å². The molecule has 36 heavy (non-hydrogen) atoms. The zero-order valence-corrected chi connectivity index (χ0v) is 20.1. The molecule has 2 atom stereocenters. The molecule has 0 aliphatic carbocycles. The lowest BCUT2D eigenvalue weighted by molar-refractivity contribution is 0.173. The van der Waals surface area contributed by atoms with E-state index in [1.165, 1.54) is 30.6 Å². The lowest BCUT2D eigenvalue weighted by atomic mass is 10.0. The van der Waals surface area contributed by atoms with Gasteiger partial charge in [0.1, 0.15) is 22.6 Å². The van der Waals surface area contributed by atoms with E-state index in [0.717, 1.165) is 22.2 Å². The van der Waals surface area contributed by atoms with Gasteiger partial charge in [-0.25, -0.2) is 22.2 Å². The molecule has 0 radical (unpaired) electrons. The molecule has 0 amide bonds. The minimum Gasteiger partial charge on any atom is -0.484 e. The van der Waals surface area contributed by atoms with E-state index >= 15 is 0 Å². The number of hydrogen-bond donors (Lipinski definition) is 1. The molecule has 0 saturated heterocycles. The SMILES string of the molecule is C[C@H](NS(=O)(=O)c1cccnc1)[C@@H](Oc1ccc2c(cnn2-c2ccc(F)cc2)c1)c1ccccc1. The normalized spacial score (nSPS) is 13.4. The van der Waals surface area contributed by atoms with Crippen LogP contribution in [0.2, 0.25) is 0 Å². The van der Waals surface area contributed by atoms with Crippen molar-refractivity contribution in [2.45, 2.75) is 24.0 Å². The van der Waals surface area contributed by atoms with Gasteiger partial charge in [-0.3, -0.25) is 4.98 Å². The molecular weight excluding hydrogens is 479 g/mol. The molecule has 7 nitrogen and oxygen atoms in total. The van der Waals surface area contributed by atoms with Gasteiger partial charge in [0.15, 0.2) is 0 Å². The van der Waals surface area contributed by atoms with Crippen molar-refractivity contribution in [2.24, 2.45) is 0 Å². The minimum absolute atomic E-state index is 0.0817. The summed E-state index contributed by atoms with van der Waals surface area (Å²) in [5.41, 5.74) is 2.39. The van der Waals surface area contributed by atoms with E-state index in [1.54, 1.807) is 36.0 Å². The van der Waals surface area contributed by atoms with E-state index < -0.39 is 22.2 Å². The Morgan fingerprint density at radius 2 is 1.72 bits per heavy atom. The fraction of sp³-hybridized carbons (Fsp3) is 0.111. The lowest BCUT2D eigenvalue weighted by Gasteiger charge is -2.26. The quantitative estimate of drug-likeness (QED) is 0.321. The van der Waals surface area contributed by atoms with E-state index in [4.69, 9.17) is 4.74 Å². The minimum atomic E-state index is -3.80. The van der Waals surface area contributed by atoms with Gasteiger partial charge in [0, 0.05) is 17.8 Å². The van der Waals surface area contributed by atoms with Crippen molar-refractivity contribution in [3.8, 4) is 11.4 Å². The Hall–Kier alpha value is -4.08. The first-order valence-electron chi connectivity index (χ1n) is 11.3. The molecule has 5 rings (SSSR count). The highest BCUT2D eigenvalue weighted by Gasteiger charge is 2.27. The summed E-state index contributed by atoms with van der Waals surface area (Å²) in [5.74, 6) is 0.244. The first-order valence-corrected chi connectivity index (χ1v) is 12.8. The molecule has 2 heterocycles. The zero-order valence-electron chi connectivity index (χ0n) is 19.3. The number of halogens is 1. The fourth-order valence-electron chi connectivity index (χ4n) is 4.00. The number of fused-ring (bicyclic) bond motifs is 1. The second kappa shape index (κ2) is 9.88. The van der Waals surface area contributed by atoms with E-state index in [0.29, 0.717) is 5.75 Å². The van der Waals surface area contributed by atoms with Gasteiger partial charge in [-0.2, -0.15) is 5.10 Å². The monoisotopic (exact) mass is 502 g/mol. The predicted molar refractivity (Wildman–Crippen MR) is 135 cm³/mol. The third-order valence-corrected chi connectivity index (χ3v) is 7.29. The Morgan fingerprint density at radius 3 is 2.44 bits per heavy atom. The summed E-state index contributed by atoms with van der Waals surface area (Å²) in [6, 6.07) is 23.5. The third-order valence-electron chi connectivity index (χ3n) is 5.74. The molecular formula is C27H23FN4O3S. The second-order valence-electron chi connectivity index (χ2n) is 8.30. The first-order chi connectivity index (χ1) is 17.4. The molecule has 9 heteroatoms. The van der Waals surface area contributed by atoms with Crippen LogP contribution < -0.4 is 9.46 Å². The van der Waals surface area contributed by atoms with Crippen LogP contribution in [0.1, 0.15) is 18.6 Å². The van der Waals surface area contributed by atoms with Crippen LogP contribution in [0.3, 0.4) is 0 Å². The number of pyridine rings is 1. The number of nitrogens with zero attached hydrogens (tertiary/aromatic N) is 3. The van der Waals surface area contributed by atoms with Crippen molar-refractivity contribution in [1.82, 2.24) is 19.5 Å². The van der Waals surface area contributed by atoms with Gasteiger partial charge < -0.3 is 4.74 Å². The van der Waals surface area contributed by atoms with Gasteiger partial charge in [0.2, 0.25) is 10.0 Å². The summed E-state index contributed by atoms with van der Waals surface area (Å²) in [6.07, 6.45) is 3.92. The van der Waals surface area contributed by atoms with Gasteiger partial charge in [0.05, 0.1) is 23.4 Å². The molecule has 5 aromatic rings. The molecule has 3 aromatic carbocycles. The maximum atomic E-state index is 13.3. The predicted octanol–water partition coefficient (Wildman–Crippen LogP) is 5.05. The topological polar surface area (TPSA) is 86.1 Å². The highest BCUT2D eigenvalue weighted by atomic mass is 32.2. The maximum Gasteiger partial charge on any atom is 0.242 e. The number of rotatable bonds is 8. The van der Waals surface area contributed by atoms with Crippen molar-refractivity contribution >= 4 is 20.9 Å². The van der Waals surface area contributed by atoms with Crippen molar-refractivity contribution in [2.75, 3.05) is 0 Å². The molecule has 0 aliphatic heterocycles. The van der Waals surface area contributed by atoms with E-state index in [9.17, 15) is 12.8 Å². The van der Waals surface area contributed by atoms with Crippen LogP contribution in [0.5, 0.6) is 5.75 Å². The summed E-state index contributed by atoms with van der Waals surface area (Å²) in [5, 5.41) is 5.26. The Kier molecular flexibility index (Phi) is 6.49. The van der Waals surface area contributed by atoms with Crippen LogP contribution in [0.4, 0.5) is 4.39 Å². The molecule has 182 valence electrons. The van der Waals surface area contributed by atoms with Crippen LogP contribution in [-0.4, -0.2) is 29.2 Å². The van der Waals surface area contributed by atoms with E-state index in [1.807, 2.05) is 48.5 Å². The summed E-state index contributed by atoms with van der Waals surface area (Å²) in [4.78, 5) is 3.99. The highest BCUT2D eigenvalue weighted by molar-refractivity contribution is 7.89. The summed E-state index contributed by atoms with van der Waals surface area (Å²) in [6.45, 7) is 1.76. The Balaban J connectivity index is 1.44. The van der Waals surface area contributed by atoms with E-state index in [2.05, 4.69) is 14.8 Å². The molecule has 2 aromatic heterocycles. The summed E-state index contributed by atoms with van der Waals surface area (Å²) < 4.78 is 50.0. The van der Waals surface area contributed by atoms with Crippen LogP contribution in [0, 0.1) is 5.82 Å². The van der Waals surface area contributed by atoms with Crippen molar-refractivity contribution < 1.29 is 17.5 Å². The third kappa shape index (κ3) is 4.98. The van der Waals surface area contributed by atoms with Gasteiger partial charge in [-0.1, -0.05) is 30.3 Å². The number of sulfonamides is 1. The van der Waals surface area contributed by atoms with Gasteiger partial charge in [0.25, 0.3) is 0 Å². The molecule has 0 spiro atoms. The van der Waals surface area contributed by atoms with Crippen molar-refractivity contribution in [1.29, 1.82) is 0 Å². The zero-order chi connectivity index (χ0) is 25.1. The number of aromatic nitrogens is 3. The number of hydrogen-bond acceptors (Lipinski definition) is 5. The average molecular weight is 503 g/mol. The Labute approximate surface area is 208 Å². The Morgan fingerprint density at radius 1 is 0.944 bits per heavy atom. The standard InChI is InChI=1S/C27H23FN4O3S/c1-19(31-36(33,34)25-8-5-15-29-18-25)27(20-6-3-2-4-7-20)35-24-13-14-26-21(16-24)17-30-32(26)23-11-9-22(28)10-12-23/h2-19,27,31H,1H3/t19-,27+/m0/s1.